The lowest BCUT2D eigenvalue weighted by Gasteiger charge is -2.12. The molecule has 0 fully saturated rings. The molecule has 2 amide bonds. The molecule has 0 saturated carbocycles. The zero-order valence-corrected chi connectivity index (χ0v) is 15.0. The fourth-order valence-corrected chi connectivity index (χ4v) is 2.75. The highest BCUT2D eigenvalue weighted by Crippen LogP contribution is 2.20. The van der Waals surface area contributed by atoms with Crippen LogP contribution in [0.4, 0.5) is 10.1 Å². The summed E-state index contributed by atoms with van der Waals surface area (Å²) in [5, 5.41) is 5.61. The largest absolute Gasteiger partial charge is 0.352 e. The Labute approximate surface area is 151 Å². The Hall–Kier alpha value is -2.34. The molecule has 4 nitrogen and oxygen atoms in total. The van der Waals surface area contributed by atoms with Crippen molar-refractivity contribution in [2.45, 2.75) is 18.7 Å². The fraction of sp³-hybridized carbons (Fsp3) is 0.263. The number of hydrogen-bond acceptors (Lipinski definition) is 3. The number of rotatable bonds is 7. The van der Waals surface area contributed by atoms with Crippen molar-refractivity contribution in [1.82, 2.24) is 5.32 Å². The molecule has 0 aliphatic heterocycles. The van der Waals surface area contributed by atoms with E-state index >= 15 is 0 Å². The number of carbonyl (C=O) groups is 2. The maximum atomic E-state index is 12.9. The Bertz CT molecular complexity index is 732. The van der Waals surface area contributed by atoms with Gasteiger partial charge in [0.15, 0.2) is 0 Å². The van der Waals surface area contributed by atoms with Crippen molar-refractivity contribution in [2.75, 3.05) is 17.6 Å². The molecule has 0 radical (unpaired) electrons. The van der Waals surface area contributed by atoms with Gasteiger partial charge in [0.1, 0.15) is 5.82 Å². The molecule has 0 aliphatic carbocycles. The van der Waals surface area contributed by atoms with E-state index in [1.165, 1.54) is 23.9 Å². The summed E-state index contributed by atoms with van der Waals surface area (Å²) in [5.41, 5.74) is 0.914. The molecule has 2 rings (SSSR count). The molecule has 2 aromatic rings. The van der Waals surface area contributed by atoms with E-state index < -0.39 is 0 Å². The number of nitrogens with one attached hydrogen (secondary N) is 2. The molecule has 25 heavy (non-hydrogen) atoms. The standard InChI is InChI=1S/C19H21FN2O2S/c1-13(2)11-21-19(24)16-5-3-4-6-17(16)22-18(23)12-25-15-9-7-14(20)8-10-15/h3-10,13H,11-12H2,1-2H3,(H,21,24)(H,22,23). The number of halogens is 1. The Balaban J connectivity index is 1.96. The van der Waals surface area contributed by atoms with Gasteiger partial charge in [0, 0.05) is 11.4 Å². The smallest absolute Gasteiger partial charge is 0.253 e. The van der Waals surface area contributed by atoms with Gasteiger partial charge in [-0.25, -0.2) is 4.39 Å². The normalized spacial score (nSPS) is 10.6. The van der Waals surface area contributed by atoms with Crippen molar-refractivity contribution in [3.8, 4) is 0 Å². The number of carbonyl (C=O) groups excluding carboxylic acids is 2. The zero-order valence-electron chi connectivity index (χ0n) is 14.2. The lowest BCUT2D eigenvalue weighted by Crippen LogP contribution is -2.28. The predicted molar refractivity (Wildman–Crippen MR) is 99.4 cm³/mol. The lowest BCUT2D eigenvalue weighted by molar-refractivity contribution is -0.113. The van der Waals surface area contributed by atoms with Gasteiger partial charge in [-0.05, 0) is 42.3 Å². The highest BCUT2D eigenvalue weighted by Gasteiger charge is 2.13. The van der Waals surface area contributed by atoms with Gasteiger partial charge in [0.05, 0.1) is 17.0 Å². The molecule has 0 bridgehead atoms. The van der Waals surface area contributed by atoms with Crippen LogP contribution < -0.4 is 10.6 Å². The third-order valence-corrected chi connectivity index (χ3v) is 4.31. The first-order chi connectivity index (χ1) is 12.0. The van der Waals surface area contributed by atoms with Gasteiger partial charge in [-0.2, -0.15) is 0 Å². The molecule has 0 aromatic heterocycles. The first-order valence-corrected chi connectivity index (χ1v) is 8.99. The van der Waals surface area contributed by atoms with Gasteiger partial charge in [0.2, 0.25) is 5.91 Å². The average molecular weight is 360 g/mol. The Morgan fingerprint density at radius 2 is 1.76 bits per heavy atom. The number of benzene rings is 2. The van der Waals surface area contributed by atoms with E-state index in [-0.39, 0.29) is 23.4 Å². The molecule has 0 saturated heterocycles. The molecule has 0 spiro atoms. The zero-order chi connectivity index (χ0) is 18.2. The molecule has 0 unspecified atom stereocenters. The van der Waals surface area contributed by atoms with Gasteiger partial charge < -0.3 is 10.6 Å². The monoisotopic (exact) mass is 360 g/mol. The van der Waals surface area contributed by atoms with Crippen molar-refractivity contribution in [3.05, 3.63) is 59.9 Å². The van der Waals surface area contributed by atoms with E-state index in [1.54, 1.807) is 36.4 Å². The van der Waals surface area contributed by atoms with Crippen molar-refractivity contribution in [3.63, 3.8) is 0 Å². The quantitative estimate of drug-likeness (QED) is 0.735. The van der Waals surface area contributed by atoms with Crippen molar-refractivity contribution >= 4 is 29.3 Å². The van der Waals surface area contributed by atoms with Crippen molar-refractivity contribution in [1.29, 1.82) is 0 Å². The SMILES string of the molecule is CC(C)CNC(=O)c1ccccc1NC(=O)CSc1ccc(F)cc1. The summed E-state index contributed by atoms with van der Waals surface area (Å²) in [4.78, 5) is 25.2. The minimum Gasteiger partial charge on any atom is -0.352 e. The van der Waals surface area contributed by atoms with Crippen molar-refractivity contribution < 1.29 is 14.0 Å². The van der Waals surface area contributed by atoms with Gasteiger partial charge in [-0.1, -0.05) is 26.0 Å². The van der Waals surface area contributed by atoms with Gasteiger partial charge in [0.25, 0.3) is 5.91 Å². The number of hydrogen-bond donors (Lipinski definition) is 2. The highest BCUT2D eigenvalue weighted by atomic mass is 32.2. The van der Waals surface area contributed by atoms with E-state index in [1.807, 2.05) is 13.8 Å². The van der Waals surface area contributed by atoms with Crippen LogP contribution in [0.1, 0.15) is 24.2 Å². The molecule has 0 aliphatic rings. The lowest BCUT2D eigenvalue weighted by atomic mass is 10.1. The number of para-hydroxylation sites is 1. The average Bonchev–Trinajstić information content (AvgIpc) is 2.59. The molecular formula is C19H21FN2O2S. The van der Waals surface area contributed by atoms with E-state index in [9.17, 15) is 14.0 Å². The minimum atomic E-state index is -0.310. The van der Waals surface area contributed by atoms with E-state index in [4.69, 9.17) is 0 Å². The first kappa shape index (κ1) is 19.0. The van der Waals surface area contributed by atoms with Crippen LogP contribution in [0.5, 0.6) is 0 Å². The van der Waals surface area contributed by atoms with Crippen LogP contribution in [0.3, 0.4) is 0 Å². The van der Waals surface area contributed by atoms with E-state index in [2.05, 4.69) is 10.6 Å². The summed E-state index contributed by atoms with van der Waals surface area (Å²) >= 11 is 1.31. The summed E-state index contributed by atoms with van der Waals surface area (Å²) in [6.45, 7) is 4.60. The van der Waals surface area contributed by atoms with Crippen LogP contribution in [0, 0.1) is 11.7 Å². The predicted octanol–water partition coefficient (Wildman–Crippen LogP) is 3.94. The van der Waals surface area contributed by atoms with Crippen molar-refractivity contribution in [2.24, 2.45) is 5.92 Å². The van der Waals surface area contributed by atoms with Crippen LogP contribution in [0.25, 0.3) is 0 Å². The van der Waals surface area contributed by atoms with E-state index in [0.29, 0.717) is 23.7 Å². The molecule has 2 N–H and O–H groups in total. The van der Waals surface area contributed by atoms with Gasteiger partial charge >= 0.3 is 0 Å². The topological polar surface area (TPSA) is 58.2 Å². The maximum absolute atomic E-state index is 12.9. The van der Waals surface area contributed by atoms with E-state index in [0.717, 1.165) is 4.90 Å². The molecule has 132 valence electrons. The second kappa shape index (κ2) is 9.22. The summed E-state index contributed by atoms with van der Waals surface area (Å²) in [6.07, 6.45) is 0. The van der Waals surface area contributed by atoms with Crippen LogP contribution in [0.2, 0.25) is 0 Å². The maximum Gasteiger partial charge on any atom is 0.253 e. The van der Waals surface area contributed by atoms with Crippen LogP contribution >= 0.6 is 11.8 Å². The Kier molecular flexibility index (Phi) is 7.01. The van der Waals surface area contributed by atoms with Gasteiger partial charge in [-0.3, -0.25) is 9.59 Å². The summed E-state index contributed by atoms with van der Waals surface area (Å²) in [6, 6.07) is 12.9. The molecule has 6 heteroatoms. The summed E-state index contributed by atoms with van der Waals surface area (Å²) < 4.78 is 12.9. The van der Waals surface area contributed by atoms with Crippen LogP contribution in [-0.2, 0) is 4.79 Å². The van der Waals surface area contributed by atoms with Gasteiger partial charge in [-0.15, -0.1) is 11.8 Å². The Morgan fingerprint density at radius 1 is 1.08 bits per heavy atom. The highest BCUT2D eigenvalue weighted by molar-refractivity contribution is 8.00. The van der Waals surface area contributed by atoms with Crippen LogP contribution in [-0.4, -0.2) is 24.1 Å². The Morgan fingerprint density at radius 3 is 2.44 bits per heavy atom. The number of anilines is 1. The fourth-order valence-electron chi connectivity index (χ4n) is 2.05. The minimum absolute atomic E-state index is 0.174. The van der Waals surface area contributed by atoms with Crippen LogP contribution in [0.15, 0.2) is 53.4 Å². The molecular weight excluding hydrogens is 339 g/mol. The third kappa shape index (κ3) is 6.23. The number of thioether (sulfide) groups is 1. The first-order valence-electron chi connectivity index (χ1n) is 8.01. The molecule has 2 aromatic carbocycles. The second-order valence-corrected chi connectivity index (χ2v) is 6.99. The summed E-state index contributed by atoms with van der Waals surface area (Å²) in [7, 11) is 0. The second-order valence-electron chi connectivity index (χ2n) is 5.94. The molecule has 0 heterocycles. The molecule has 0 atom stereocenters. The summed E-state index contributed by atoms with van der Waals surface area (Å²) in [5.74, 6) is -0.227. The number of amides is 2. The third-order valence-electron chi connectivity index (χ3n) is 3.30.